The van der Waals surface area contributed by atoms with E-state index in [1.54, 1.807) is 0 Å². The van der Waals surface area contributed by atoms with Crippen molar-refractivity contribution in [2.24, 2.45) is 0 Å². The average molecular weight is 244 g/mol. The zero-order chi connectivity index (χ0) is 13.1. The van der Waals surface area contributed by atoms with Crippen molar-refractivity contribution in [3.05, 3.63) is 59.2 Å². The Kier molecular flexibility index (Phi) is 3.19. The Labute approximate surface area is 104 Å². The molecule has 0 saturated heterocycles. The van der Waals surface area contributed by atoms with E-state index in [0.717, 1.165) is 5.56 Å². The first kappa shape index (κ1) is 12.0. The van der Waals surface area contributed by atoms with E-state index in [1.165, 1.54) is 12.1 Å². The third-order valence-corrected chi connectivity index (χ3v) is 2.69. The van der Waals surface area contributed by atoms with Gasteiger partial charge in [0.15, 0.2) is 0 Å². The van der Waals surface area contributed by atoms with Gasteiger partial charge in [0.05, 0.1) is 0 Å². The van der Waals surface area contributed by atoms with Crippen LogP contribution in [0.25, 0.3) is 0 Å². The number of carboxylic acids is 1. The van der Waals surface area contributed by atoms with Gasteiger partial charge < -0.3 is 15.3 Å². The van der Waals surface area contributed by atoms with E-state index in [4.69, 9.17) is 5.11 Å². The Morgan fingerprint density at radius 2 is 1.67 bits per heavy atom. The Hall–Kier alpha value is -2.49. The van der Waals surface area contributed by atoms with Gasteiger partial charge in [-0.2, -0.15) is 0 Å². The molecule has 0 unspecified atom stereocenters. The van der Waals surface area contributed by atoms with Gasteiger partial charge in [0.1, 0.15) is 17.1 Å². The molecular weight excluding hydrogens is 232 g/mol. The summed E-state index contributed by atoms with van der Waals surface area (Å²) in [6.45, 7) is 0. The lowest BCUT2D eigenvalue weighted by Gasteiger charge is -2.09. The Balaban J connectivity index is 2.41. The van der Waals surface area contributed by atoms with E-state index < -0.39 is 17.3 Å². The van der Waals surface area contributed by atoms with Crippen LogP contribution in [0.4, 0.5) is 0 Å². The topological polar surface area (TPSA) is 77.8 Å². The average Bonchev–Trinajstić information content (AvgIpc) is 2.34. The Morgan fingerprint density at radius 3 is 2.28 bits per heavy atom. The smallest absolute Gasteiger partial charge is 0.343 e. The maximum atomic E-state index is 10.9. The summed E-state index contributed by atoms with van der Waals surface area (Å²) in [5.74, 6) is -2.16. The van der Waals surface area contributed by atoms with Crippen LogP contribution < -0.4 is 0 Å². The predicted octanol–water partition coefficient (Wildman–Crippen LogP) is 2.39. The van der Waals surface area contributed by atoms with Crippen LogP contribution in [0.3, 0.4) is 0 Å². The van der Waals surface area contributed by atoms with E-state index in [-0.39, 0.29) is 5.75 Å². The van der Waals surface area contributed by atoms with Gasteiger partial charge in [0, 0.05) is 6.42 Å². The molecule has 0 spiro atoms. The van der Waals surface area contributed by atoms with Crippen molar-refractivity contribution in [1.29, 1.82) is 0 Å². The number of hydrogen-bond donors (Lipinski definition) is 3. The number of benzene rings is 2. The number of phenols is 2. The molecule has 0 aliphatic rings. The lowest BCUT2D eigenvalue weighted by molar-refractivity contribution is 0.0690. The summed E-state index contributed by atoms with van der Waals surface area (Å²) in [5.41, 5.74) is 0.967. The molecule has 0 bridgehead atoms. The molecule has 2 aromatic carbocycles. The maximum Gasteiger partial charge on any atom is 0.343 e. The second-order valence-corrected chi connectivity index (χ2v) is 3.93. The maximum absolute atomic E-state index is 10.9. The van der Waals surface area contributed by atoms with E-state index in [0.29, 0.717) is 12.0 Å². The molecule has 92 valence electrons. The third kappa shape index (κ3) is 2.27. The molecule has 4 heteroatoms. The summed E-state index contributed by atoms with van der Waals surface area (Å²) in [6, 6.07) is 12.2. The highest BCUT2D eigenvalue weighted by Gasteiger charge is 2.18. The van der Waals surface area contributed by atoms with E-state index in [9.17, 15) is 15.0 Å². The largest absolute Gasteiger partial charge is 0.507 e. The summed E-state index contributed by atoms with van der Waals surface area (Å²) in [4.78, 5) is 10.9. The fourth-order valence-electron chi connectivity index (χ4n) is 1.79. The molecule has 0 amide bonds. The first-order chi connectivity index (χ1) is 8.59. The number of rotatable bonds is 3. The molecule has 2 rings (SSSR count). The minimum absolute atomic E-state index is 0.383. The highest BCUT2D eigenvalue weighted by molar-refractivity contribution is 5.94. The molecule has 0 heterocycles. The van der Waals surface area contributed by atoms with Gasteiger partial charge in [-0.05, 0) is 17.2 Å². The first-order valence-electron chi connectivity index (χ1n) is 5.40. The van der Waals surface area contributed by atoms with Crippen LogP contribution in [0, 0.1) is 0 Å². The summed E-state index contributed by atoms with van der Waals surface area (Å²) in [5, 5.41) is 28.2. The molecule has 0 radical (unpaired) electrons. The van der Waals surface area contributed by atoms with Crippen molar-refractivity contribution in [3.63, 3.8) is 0 Å². The molecule has 4 nitrogen and oxygen atoms in total. The van der Waals surface area contributed by atoms with Crippen LogP contribution >= 0.6 is 0 Å². The van der Waals surface area contributed by atoms with Crippen LogP contribution in [0.5, 0.6) is 11.5 Å². The van der Waals surface area contributed by atoms with Gasteiger partial charge in [-0.15, -0.1) is 0 Å². The van der Waals surface area contributed by atoms with Crippen LogP contribution in [0.15, 0.2) is 42.5 Å². The monoisotopic (exact) mass is 244 g/mol. The lowest BCUT2D eigenvalue weighted by Crippen LogP contribution is -2.00. The molecule has 0 aromatic heterocycles. The van der Waals surface area contributed by atoms with Gasteiger partial charge in [-0.3, -0.25) is 0 Å². The lowest BCUT2D eigenvalue weighted by atomic mass is 10.0. The van der Waals surface area contributed by atoms with E-state index >= 15 is 0 Å². The van der Waals surface area contributed by atoms with Crippen molar-refractivity contribution in [2.45, 2.75) is 6.42 Å². The SMILES string of the molecule is O=C(O)c1c(O)ccc(Cc2ccccc2)c1O. The molecule has 0 atom stereocenters. The quantitative estimate of drug-likeness (QED) is 0.774. The molecular formula is C14H12O4. The highest BCUT2D eigenvalue weighted by atomic mass is 16.4. The number of aromatic carboxylic acids is 1. The zero-order valence-electron chi connectivity index (χ0n) is 9.50. The third-order valence-electron chi connectivity index (χ3n) is 2.69. The summed E-state index contributed by atoms with van der Waals surface area (Å²) in [7, 11) is 0. The molecule has 0 fully saturated rings. The molecule has 3 N–H and O–H groups in total. The second kappa shape index (κ2) is 4.79. The summed E-state index contributed by atoms with van der Waals surface area (Å²) < 4.78 is 0. The van der Waals surface area contributed by atoms with E-state index in [1.807, 2.05) is 30.3 Å². The number of carbonyl (C=O) groups is 1. The minimum Gasteiger partial charge on any atom is -0.507 e. The Morgan fingerprint density at radius 1 is 1.00 bits per heavy atom. The minimum atomic E-state index is -1.35. The summed E-state index contributed by atoms with van der Waals surface area (Å²) in [6.07, 6.45) is 0.410. The highest BCUT2D eigenvalue weighted by Crippen LogP contribution is 2.31. The fourth-order valence-corrected chi connectivity index (χ4v) is 1.79. The fraction of sp³-hybridized carbons (Fsp3) is 0.0714. The zero-order valence-corrected chi connectivity index (χ0v) is 9.50. The van der Waals surface area contributed by atoms with Gasteiger partial charge >= 0.3 is 5.97 Å². The number of carboxylic acid groups (broad SMARTS) is 1. The van der Waals surface area contributed by atoms with Crippen LogP contribution in [-0.2, 0) is 6.42 Å². The predicted molar refractivity (Wildman–Crippen MR) is 66.0 cm³/mol. The van der Waals surface area contributed by atoms with Gasteiger partial charge in [-0.1, -0.05) is 36.4 Å². The normalized spacial score (nSPS) is 10.2. The Bertz CT molecular complexity index is 576. The van der Waals surface area contributed by atoms with Gasteiger partial charge in [0.25, 0.3) is 0 Å². The second-order valence-electron chi connectivity index (χ2n) is 3.93. The molecule has 0 aliphatic carbocycles. The standard InChI is InChI=1S/C14H12O4/c15-11-7-6-10(13(16)12(11)14(17)18)8-9-4-2-1-3-5-9/h1-7,15-16H,8H2,(H,17,18). The van der Waals surface area contributed by atoms with Crippen LogP contribution in [0.1, 0.15) is 21.5 Å². The molecule has 0 saturated carbocycles. The van der Waals surface area contributed by atoms with Crippen molar-refractivity contribution in [3.8, 4) is 11.5 Å². The molecule has 18 heavy (non-hydrogen) atoms. The van der Waals surface area contributed by atoms with Crippen molar-refractivity contribution in [2.75, 3.05) is 0 Å². The van der Waals surface area contributed by atoms with E-state index in [2.05, 4.69) is 0 Å². The van der Waals surface area contributed by atoms with Gasteiger partial charge in [0.2, 0.25) is 0 Å². The van der Waals surface area contributed by atoms with Crippen LogP contribution in [-0.4, -0.2) is 21.3 Å². The molecule has 2 aromatic rings. The van der Waals surface area contributed by atoms with Crippen molar-refractivity contribution < 1.29 is 20.1 Å². The number of aromatic hydroxyl groups is 2. The van der Waals surface area contributed by atoms with Gasteiger partial charge in [-0.25, -0.2) is 4.79 Å². The first-order valence-corrected chi connectivity index (χ1v) is 5.40. The van der Waals surface area contributed by atoms with Crippen molar-refractivity contribution in [1.82, 2.24) is 0 Å². The van der Waals surface area contributed by atoms with Crippen LogP contribution in [0.2, 0.25) is 0 Å². The summed E-state index contributed by atoms with van der Waals surface area (Å²) >= 11 is 0. The number of hydrogen-bond acceptors (Lipinski definition) is 3. The van der Waals surface area contributed by atoms with Crippen molar-refractivity contribution >= 4 is 5.97 Å². The molecule has 0 aliphatic heterocycles.